The molecule has 6 nitrogen and oxygen atoms in total. The summed E-state index contributed by atoms with van der Waals surface area (Å²) in [6.45, 7) is 3.95. The van der Waals surface area contributed by atoms with Crippen LogP contribution in [0.1, 0.15) is 49.7 Å². The van der Waals surface area contributed by atoms with Crippen LogP contribution in [0.3, 0.4) is 0 Å². The summed E-state index contributed by atoms with van der Waals surface area (Å²) in [4.78, 5) is 0.245. The normalized spacial score (nSPS) is 21.6. The molecule has 3 rings (SSSR count). The van der Waals surface area contributed by atoms with Gasteiger partial charge in [-0.15, -0.1) is 0 Å². The summed E-state index contributed by atoms with van der Waals surface area (Å²) in [5, 5.41) is 0. The van der Waals surface area contributed by atoms with Gasteiger partial charge in [-0.05, 0) is 62.8 Å². The van der Waals surface area contributed by atoms with E-state index in [-0.39, 0.29) is 16.7 Å². The van der Waals surface area contributed by atoms with E-state index in [1.165, 1.54) is 4.31 Å². The number of rotatable bonds is 4. The Morgan fingerprint density at radius 2 is 1.72 bits per heavy atom. The molecule has 0 aromatic heterocycles. The number of aryl methyl sites for hydroxylation is 2. The summed E-state index contributed by atoms with van der Waals surface area (Å²) >= 11 is 0. The summed E-state index contributed by atoms with van der Waals surface area (Å²) in [5.74, 6) is 0.148. The van der Waals surface area contributed by atoms with Crippen LogP contribution in [0.15, 0.2) is 17.0 Å². The third-order valence-corrected chi connectivity index (χ3v) is 8.60. The molecule has 1 N–H and O–H groups in total. The Morgan fingerprint density at radius 1 is 1.04 bits per heavy atom. The topological polar surface area (TPSA) is 83.6 Å². The van der Waals surface area contributed by atoms with Crippen LogP contribution in [-0.4, -0.2) is 35.2 Å². The molecule has 0 bridgehead atoms. The molecule has 1 saturated carbocycles. The fraction of sp³-hybridized carbons (Fsp3) is 0.647. The van der Waals surface area contributed by atoms with Crippen LogP contribution >= 0.6 is 0 Å². The van der Waals surface area contributed by atoms with Crippen molar-refractivity contribution in [2.45, 2.75) is 63.3 Å². The Morgan fingerprint density at radius 3 is 2.36 bits per heavy atom. The summed E-state index contributed by atoms with van der Waals surface area (Å²) in [5.41, 5.74) is 1.84. The van der Waals surface area contributed by atoms with Crippen molar-refractivity contribution in [1.82, 2.24) is 4.72 Å². The minimum absolute atomic E-state index is 0.00635. The third-order valence-electron chi connectivity index (χ3n) is 5.08. The van der Waals surface area contributed by atoms with Crippen molar-refractivity contribution >= 4 is 25.7 Å². The quantitative estimate of drug-likeness (QED) is 0.861. The second-order valence-electron chi connectivity index (χ2n) is 7.10. The minimum Gasteiger partial charge on any atom is -0.270 e. The molecule has 1 heterocycles. The summed E-state index contributed by atoms with van der Waals surface area (Å²) in [6.07, 6.45) is 5.35. The molecular weight excluding hydrogens is 360 g/mol. The molecule has 8 heteroatoms. The SMILES string of the molecule is Cc1cc(S(=O)(=O)NC2CCCC2)c(C)cc1N1CCCCS1(=O)=O. The van der Waals surface area contributed by atoms with E-state index < -0.39 is 20.0 Å². The lowest BCUT2D eigenvalue weighted by Gasteiger charge is -2.30. The number of nitrogens with zero attached hydrogens (tertiary/aromatic N) is 1. The van der Waals surface area contributed by atoms with Gasteiger partial charge in [-0.2, -0.15) is 0 Å². The molecule has 0 unspecified atom stereocenters. The predicted molar refractivity (Wildman–Crippen MR) is 98.9 cm³/mol. The van der Waals surface area contributed by atoms with Crippen molar-refractivity contribution in [2.75, 3.05) is 16.6 Å². The Hall–Kier alpha value is -1.12. The lowest BCUT2D eigenvalue weighted by atomic mass is 10.1. The highest BCUT2D eigenvalue weighted by Crippen LogP contribution is 2.31. The highest BCUT2D eigenvalue weighted by Gasteiger charge is 2.29. The van der Waals surface area contributed by atoms with E-state index in [1.54, 1.807) is 26.0 Å². The predicted octanol–water partition coefficient (Wildman–Crippen LogP) is 2.45. The maximum Gasteiger partial charge on any atom is 0.241 e. The molecule has 0 amide bonds. The van der Waals surface area contributed by atoms with Gasteiger partial charge in [-0.1, -0.05) is 12.8 Å². The zero-order chi connectivity index (χ0) is 18.2. The van der Waals surface area contributed by atoms with Gasteiger partial charge in [0.1, 0.15) is 0 Å². The fourth-order valence-corrected chi connectivity index (χ4v) is 7.03. The van der Waals surface area contributed by atoms with Crippen molar-refractivity contribution in [1.29, 1.82) is 0 Å². The van der Waals surface area contributed by atoms with Crippen LogP contribution in [0.25, 0.3) is 0 Å². The first kappa shape index (κ1) is 18.7. The molecule has 0 atom stereocenters. The zero-order valence-electron chi connectivity index (χ0n) is 14.8. The van der Waals surface area contributed by atoms with Gasteiger partial charge in [-0.25, -0.2) is 21.6 Å². The van der Waals surface area contributed by atoms with E-state index in [0.29, 0.717) is 29.8 Å². The van der Waals surface area contributed by atoms with Gasteiger partial charge in [0.25, 0.3) is 0 Å². The number of benzene rings is 1. The Labute approximate surface area is 150 Å². The van der Waals surface area contributed by atoms with E-state index in [4.69, 9.17) is 0 Å². The van der Waals surface area contributed by atoms with Crippen molar-refractivity contribution < 1.29 is 16.8 Å². The van der Waals surface area contributed by atoms with E-state index in [2.05, 4.69) is 4.72 Å². The fourth-order valence-electron chi connectivity index (χ4n) is 3.72. The van der Waals surface area contributed by atoms with Crippen LogP contribution < -0.4 is 9.03 Å². The first-order valence-electron chi connectivity index (χ1n) is 8.85. The van der Waals surface area contributed by atoms with E-state index in [0.717, 1.165) is 32.1 Å². The third kappa shape index (κ3) is 3.85. The second-order valence-corrected chi connectivity index (χ2v) is 10.8. The Balaban J connectivity index is 1.95. The van der Waals surface area contributed by atoms with Crippen LogP contribution in [0.4, 0.5) is 5.69 Å². The summed E-state index contributed by atoms with van der Waals surface area (Å²) < 4.78 is 54.4. The molecule has 1 aliphatic heterocycles. The smallest absolute Gasteiger partial charge is 0.241 e. The number of hydrogen-bond acceptors (Lipinski definition) is 4. The van der Waals surface area contributed by atoms with E-state index in [1.807, 2.05) is 0 Å². The molecule has 1 saturated heterocycles. The number of anilines is 1. The van der Waals surface area contributed by atoms with Crippen LogP contribution in [0.2, 0.25) is 0 Å². The lowest BCUT2D eigenvalue weighted by molar-refractivity contribution is 0.551. The van der Waals surface area contributed by atoms with Crippen LogP contribution in [-0.2, 0) is 20.0 Å². The number of hydrogen-bond donors (Lipinski definition) is 1. The molecule has 1 aromatic carbocycles. The van der Waals surface area contributed by atoms with Gasteiger partial charge in [0.2, 0.25) is 20.0 Å². The first-order chi connectivity index (χ1) is 11.7. The Bertz CT molecular complexity index is 857. The molecule has 25 heavy (non-hydrogen) atoms. The monoisotopic (exact) mass is 386 g/mol. The van der Waals surface area contributed by atoms with Crippen molar-refractivity contribution in [3.05, 3.63) is 23.3 Å². The maximum atomic E-state index is 12.7. The van der Waals surface area contributed by atoms with E-state index >= 15 is 0 Å². The average molecular weight is 387 g/mol. The highest BCUT2D eigenvalue weighted by molar-refractivity contribution is 7.92. The average Bonchev–Trinajstić information content (AvgIpc) is 3.01. The van der Waals surface area contributed by atoms with Crippen molar-refractivity contribution in [3.63, 3.8) is 0 Å². The van der Waals surface area contributed by atoms with Crippen LogP contribution in [0, 0.1) is 13.8 Å². The standard InChI is InChI=1S/C17H26N2O4S2/c1-13-12-17(25(22,23)18-15-7-3-4-8-15)14(2)11-16(13)19-9-5-6-10-24(19,20)21/h11-12,15,18H,3-10H2,1-2H3. The van der Waals surface area contributed by atoms with Gasteiger partial charge in [0, 0.05) is 12.6 Å². The minimum atomic E-state index is -3.59. The van der Waals surface area contributed by atoms with Crippen molar-refractivity contribution in [2.24, 2.45) is 0 Å². The van der Waals surface area contributed by atoms with Gasteiger partial charge in [0.15, 0.2) is 0 Å². The van der Waals surface area contributed by atoms with Crippen molar-refractivity contribution in [3.8, 4) is 0 Å². The largest absolute Gasteiger partial charge is 0.270 e. The molecular formula is C17H26N2O4S2. The number of sulfonamides is 2. The van der Waals surface area contributed by atoms with Gasteiger partial charge in [-0.3, -0.25) is 4.31 Å². The molecule has 140 valence electrons. The maximum absolute atomic E-state index is 12.7. The lowest BCUT2D eigenvalue weighted by Crippen LogP contribution is -2.38. The molecule has 1 aliphatic carbocycles. The molecule has 0 spiro atoms. The van der Waals surface area contributed by atoms with Gasteiger partial charge < -0.3 is 0 Å². The molecule has 1 aromatic rings. The van der Waals surface area contributed by atoms with Gasteiger partial charge >= 0.3 is 0 Å². The second kappa shape index (κ2) is 6.89. The first-order valence-corrected chi connectivity index (χ1v) is 11.9. The highest BCUT2D eigenvalue weighted by atomic mass is 32.2. The molecule has 2 aliphatic rings. The van der Waals surface area contributed by atoms with Gasteiger partial charge in [0.05, 0.1) is 16.3 Å². The van der Waals surface area contributed by atoms with E-state index in [9.17, 15) is 16.8 Å². The number of nitrogens with one attached hydrogen (secondary N) is 1. The zero-order valence-corrected chi connectivity index (χ0v) is 16.4. The summed E-state index contributed by atoms with van der Waals surface area (Å²) in [6, 6.07) is 3.31. The summed E-state index contributed by atoms with van der Waals surface area (Å²) in [7, 11) is -6.91. The van der Waals surface area contributed by atoms with Crippen LogP contribution in [0.5, 0.6) is 0 Å². The molecule has 2 fully saturated rings. The Kier molecular flexibility index (Phi) is 5.14. The molecule has 0 radical (unpaired) electrons.